The Kier molecular flexibility index (Phi) is 2.93. The van der Waals surface area contributed by atoms with Crippen molar-refractivity contribution in [2.75, 3.05) is 19.6 Å². The van der Waals surface area contributed by atoms with Gasteiger partial charge in [0.05, 0.1) is 0 Å². The molecule has 1 aromatic carbocycles. The SMILES string of the molecule is CCC1NCC12CCN(Cc1ccccc1)C2. The number of rotatable bonds is 3. The predicted molar refractivity (Wildman–Crippen MR) is 70.9 cm³/mol. The second-order valence-electron chi connectivity index (χ2n) is 5.65. The van der Waals surface area contributed by atoms with Gasteiger partial charge in [-0.15, -0.1) is 0 Å². The average molecular weight is 230 g/mol. The third kappa shape index (κ3) is 2.00. The molecule has 0 amide bonds. The van der Waals surface area contributed by atoms with Crippen LogP contribution in [0.1, 0.15) is 25.3 Å². The summed E-state index contributed by atoms with van der Waals surface area (Å²) in [6.45, 7) is 7.22. The minimum Gasteiger partial charge on any atom is -0.313 e. The van der Waals surface area contributed by atoms with Crippen LogP contribution in [-0.4, -0.2) is 30.6 Å². The first-order valence-corrected chi connectivity index (χ1v) is 6.82. The number of nitrogens with one attached hydrogen (secondary N) is 1. The molecule has 2 saturated heterocycles. The molecule has 0 saturated carbocycles. The average Bonchev–Trinajstić information content (AvgIpc) is 2.76. The Morgan fingerprint density at radius 3 is 2.82 bits per heavy atom. The third-order valence-electron chi connectivity index (χ3n) is 4.56. The Labute approximate surface area is 104 Å². The van der Waals surface area contributed by atoms with Crippen molar-refractivity contribution in [1.29, 1.82) is 0 Å². The van der Waals surface area contributed by atoms with Crippen molar-refractivity contribution < 1.29 is 0 Å². The van der Waals surface area contributed by atoms with E-state index in [4.69, 9.17) is 0 Å². The minimum absolute atomic E-state index is 0.601. The van der Waals surface area contributed by atoms with Gasteiger partial charge in [-0.05, 0) is 24.9 Å². The first kappa shape index (κ1) is 11.2. The van der Waals surface area contributed by atoms with Gasteiger partial charge in [0, 0.05) is 31.1 Å². The zero-order valence-electron chi connectivity index (χ0n) is 10.7. The van der Waals surface area contributed by atoms with Gasteiger partial charge in [-0.3, -0.25) is 4.90 Å². The largest absolute Gasteiger partial charge is 0.313 e. The summed E-state index contributed by atoms with van der Waals surface area (Å²) in [6.07, 6.45) is 2.66. The van der Waals surface area contributed by atoms with Gasteiger partial charge in [-0.25, -0.2) is 0 Å². The highest BCUT2D eigenvalue weighted by Gasteiger charge is 2.49. The molecule has 2 unspecified atom stereocenters. The minimum atomic E-state index is 0.601. The van der Waals surface area contributed by atoms with Gasteiger partial charge in [0.15, 0.2) is 0 Å². The van der Waals surface area contributed by atoms with Crippen molar-refractivity contribution in [3.8, 4) is 0 Å². The summed E-state index contributed by atoms with van der Waals surface area (Å²) in [5.74, 6) is 0. The van der Waals surface area contributed by atoms with Crippen molar-refractivity contribution in [3.05, 3.63) is 35.9 Å². The normalized spacial score (nSPS) is 32.9. The van der Waals surface area contributed by atoms with Crippen LogP contribution in [0.15, 0.2) is 30.3 Å². The van der Waals surface area contributed by atoms with Crippen LogP contribution in [0.2, 0.25) is 0 Å². The zero-order chi connectivity index (χ0) is 11.7. The van der Waals surface area contributed by atoms with Crippen LogP contribution in [0.25, 0.3) is 0 Å². The zero-order valence-corrected chi connectivity index (χ0v) is 10.7. The molecule has 2 aliphatic heterocycles. The number of likely N-dealkylation sites (tertiary alicyclic amines) is 1. The molecule has 17 heavy (non-hydrogen) atoms. The maximum absolute atomic E-state index is 3.59. The summed E-state index contributed by atoms with van der Waals surface area (Å²) in [6, 6.07) is 11.6. The predicted octanol–water partition coefficient (Wildman–Crippen LogP) is 2.26. The number of nitrogens with zero attached hydrogens (tertiary/aromatic N) is 1. The molecule has 92 valence electrons. The molecule has 2 aliphatic rings. The fourth-order valence-electron chi connectivity index (χ4n) is 3.50. The molecule has 0 radical (unpaired) electrons. The van der Waals surface area contributed by atoms with Crippen LogP contribution in [0.5, 0.6) is 0 Å². The topological polar surface area (TPSA) is 15.3 Å². The highest BCUT2D eigenvalue weighted by Crippen LogP contribution is 2.40. The van der Waals surface area contributed by atoms with Crippen molar-refractivity contribution in [2.45, 2.75) is 32.4 Å². The Hall–Kier alpha value is -0.860. The smallest absolute Gasteiger partial charge is 0.0233 e. The Balaban J connectivity index is 1.61. The molecule has 2 heterocycles. The molecule has 2 atom stereocenters. The summed E-state index contributed by atoms with van der Waals surface area (Å²) in [5.41, 5.74) is 2.05. The Morgan fingerprint density at radius 2 is 2.18 bits per heavy atom. The highest BCUT2D eigenvalue weighted by molar-refractivity contribution is 5.15. The molecule has 1 N–H and O–H groups in total. The summed E-state index contributed by atoms with van der Waals surface area (Å²) in [7, 11) is 0. The lowest BCUT2D eigenvalue weighted by molar-refractivity contribution is 0.0852. The molecule has 2 nitrogen and oxygen atoms in total. The van der Waals surface area contributed by atoms with E-state index in [9.17, 15) is 0 Å². The van der Waals surface area contributed by atoms with E-state index in [0.29, 0.717) is 5.41 Å². The molecule has 2 heteroatoms. The maximum atomic E-state index is 3.59. The van der Waals surface area contributed by atoms with Crippen LogP contribution >= 0.6 is 0 Å². The van der Waals surface area contributed by atoms with Gasteiger partial charge >= 0.3 is 0 Å². The number of benzene rings is 1. The van der Waals surface area contributed by atoms with E-state index in [2.05, 4.69) is 47.5 Å². The second kappa shape index (κ2) is 4.43. The lowest BCUT2D eigenvalue weighted by Crippen LogP contribution is -2.63. The molecular weight excluding hydrogens is 208 g/mol. The van der Waals surface area contributed by atoms with E-state index < -0.39 is 0 Å². The van der Waals surface area contributed by atoms with Crippen LogP contribution in [-0.2, 0) is 6.54 Å². The third-order valence-corrected chi connectivity index (χ3v) is 4.56. The van der Waals surface area contributed by atoms with Crippen molar-refractivity contribution >= 4 is 0 Å². The van der Waals surface area contributed by atoms with E-state index in [1.165, 1.54) is 38.0 Å². The summed E-state index contributed by atoms with van der Waals surface area (Å²) < 4.78 is 0. The van der Waals surface area contributed by atoms with Gasteiger partial charge < -0.3 is 5.32 Å². The molecule has 0 aromatic heterocycles. The summed E-state index contributed by atoms with van der Waals surface area (Å²) in [4.78, 5) is 2.62. The van der Waals surface area contributed by atoms with Crippen LogP contribution in [0.4, 0.5) is 0 Å². The van der Waals surface area contributed by atoms with Crippen LogP contribution in [0.3, 0.4) is 0 Å². The number of hydrogen-bond acceptors (Lipinski definition) is 2. The second-order valence-corrected chi connectivity index (χ2v) is 5.65. The van der Waals surface area contributed by atoms with Crippen LogP contribution < -0.4 is 5.32 Å². The summed E-state index contributed by atoms with van der Waals surface area (Å²) >= 11 is 0. The quantitative estimate of drug-likeness (QED) is 0.857. The first-order valence-electron chi connectivity index (χ1n) is 6.82. The van der Waals surface area contributed by atoms with E-state index >= 15 is 0 Å². The highest BCUT2D eigenvalue weighted by atomic mass is 15.2. The fraction of sp³-hybridized carbons (Fsp3) is 0.600. The lowest BCUT2D eigenvalue weighted by atomic mass is 9.72. The van der Waals surface area contributed by atoms with Gasteiger partial charge in [0.1, 0.15) is 0 Å². The van der Waals surface area contributed by atoms with E-state index in [0.717, 1.165) is 12.6 Å². The van der Waals surface area contributed by atoms with Gasteiger partial charge in [0.25, 0.3) is 0 Å². The molecular formula is C15H22N2. The lowest BCUT2D eigenvalue weighted by Gasteiger charge is -2.48. The van der Waals surface area contributed by atoms with Gasteiger partial charge in [0.2, 0.25) is 0 Å². The van der Waals surface area contributed by atoms with E-state index in [1.54, 1.807) is 0 Å². The number of hydrogen-bond donors (Lipinski definition) is 1. The van der Waals surface area contributed by atoms with E-state index in [-0.39, 0.29) is 0 Å². The molecule has 0 bridgehead atoms. The first-order chi connectivity index (χ1) is 8.32. The van der Waals surface area contributed by atoms with Gasteiger partial charge in [-0.1, -0.05) is 37.3 Å². The van der Waals surface area contributed by atoms with Crippen molar-refractivity contribution in [1.82, 2.24) is 10.2 Å². The van der Waals surface area contributed by atoms with Crippen molar-refractivity contribution in [3.63, 3.8) is 0 Å². The Bertz CT molecular complexity index is 374. The van der Waals surface area contributed by atoms with Gasteiger partial charge in [-0.2, -0.15) is 0 Å². The molecule has 2 fully saturated rings. The fourth-order valence-corrected chi connectivity index (χ4v) is 3.50. The molecule has 3 rings (SSSR count). The standard InChI is InChI=1S/C15H22N2/c1-2-14-15(11-16-14)8-9-17(12-15)10-13-6-4-3-5-7-13/h3-7,14,16H,2,8-12H2,1H3. The molecule has 1 spiro atoms. The molecule has 1 aromatic rings. The molecule has 0 aliphatic carbocycles. The summed E-state index contributed by atoms with van der Waals surface area (Å²) in [5, 5.41) is 3.59. The van der Waals surface area contributed by atoms with Crippen molar-refractivity contribution in [2.24, 2.45) is 5.41 Å². The Morgan fingerprint density at radius 1 is 1.35 bits per heavy atom. The monoisotopic (exact) mass is 230 g/mol. The van der Waals surface area contributed by atoms with E-state index in [1.807, 2.05) is 0 Å². The van der Waals surface area contributed by atoms with Crippen LogP contribution in [0, 0.1) is 5.41 Å². The maximum Gasteiger partial charge on any atom is 0.0233 e.